The molecule has 0 radical (unpaired) electrons. The number of ether oxygens (including phenoxy) is 2. The monoisotopic (exact) mass is 358 g/mol. The first-order valence-electron chi connectivity index (χ1n) is 8.18. The molecule has 1 aliphatic heterocycles. The van der Waals surface area contributed by atoms with Gasteiger partial charge < -0.3 is 19.7 Å². The van der Waals surface area contributed by atoms with Crippen molar-refractivity contribution in [1.29, 1.82) is 0 Å². The molecule has 25 heavy (non-hydrogen) atoms. The van der Waals surface area contributed by atoms with E-state index in [4.69, 9.17) is 9.47 Å². The minimum atomic E-state index is -0.176. The number of anilines is 2. The number of carbonyl (C=O) groups excluding carboxylic acids is 1. The fraction of sp³-hybridized carbons (Fsp3) is 0.316. The van der Waals surface area contributed by atoms with E-state index in [0.717, 1.165) is 29.4 Å². The lowest BCUT2D eigenvalue weighted by Crippen LogP contribution is -2.36. The Kier molecular flexibility index (Phi) is 5.83. The predicted octanol–water partition coefficient (Wildman–Crippen LogP) is 3.51. The average molecular weight is 358 g/mol. The smallest absolute Gasteiger partial charge is 0.259 e. The summed E-state index contributed by atoms with van der Waals surface area (Å²) in [5, 5.41) is 3.03. The molecule has 3 rings (SSSR count). The number of hydrogen-bond acceptors (Lipinski definition) is 5. The fourth-order valence-corrected chi connectivity index (χ4v) is 3.26. The van der Waals surface area contributed by atoms with Gasteiger partial charge in [-0.1, -0.05) is 12.1 Å². The minimum absolute atomic E-state index is 0.176. The first-order valence-corrected chi connectivity index (χ1v) is 9.40. The van der Waals surface area contributed by atoms with E-state index in [1.54, 1.807) is 24.9 Å². The zero-order chi connectivity index (χ0) is 17.6. The molecule has 0 bridgehead atoms. The van der Waals surface area contributed by atoms with Crippen molar-refractivity contribution >= 4 is 29.0 Å². The molecule has 1 N–H and O–H groups in total. The van der Waals surface area contributed by atoms with Crippen LogP contribution in [0.2, 0.25) is 0 Å². The van der Waals surface area contributed by atoms with Crippen LogP contribution in [0.1, 0.15) is 10.4 Å². The number of morpholine rings is 1. The fourth-order valence-electron chi connectivity index (χ4n) is 2.84. The standard InChI is InChI=1S/C19H22N2O3S/c1-23-18-13-14(25-2)7-8-15(18)19(22)20-16-5-3-4-6-17(16)21-9-11-24-12-10-21/h3-8,13H,9-12H2,1-2H3,(H,20,22). The van der Waals surface area contributed by atoms with Crippen LogP contribution in [0.5, 0.6) is 5.75 Å². The Hall–Kier alpha value is -2.18. The molecule has 5 nitrogen and oxygen atoms in total. The summed E-state index contributed by atoms with van der Waals surface area (Å²) in [5.74, 6) is 0.401. The second kappa shape index (κ2) is 8.27. The van der Waals surface area contributed by atoms with Gasteiger partial charge in [0.2, 0.25) is 0 Å². The molecule has 132 valence electrons. The van der Waals surface area contributed by atoms with E-state index in [2.05, 4.69) is 10.2 Å². The number of nitrogens with one attached hydrogen (secondary N) is 1. The number of thioether (sulfide) groups is 1. The molecular formula is C19H22N2O3S. The van der Waals surface area contributed by atoms with Gasteiger partial charge in [-0.05, 0) is 36.6 Å². The molecule has 1 saturated heterocycles. The molecule has 1 fully saturated rings. The topological polar surface area (TPSA) is 50.8 Å². The second-order valence-electron chi connectivity index (χ2n) is 5.64. The lowest BCUT2D eigenvalue weighted by atomic mass is 10.1. The van der Waals surface area contributed by atoms with Crippen molar-refractivity contribution in [3.05, 3.63) is 48.0 Å². The largest absolute Gasteiger partial charge is 0.496 e. The maximum Gasteiger partial charge on any atom is 0.259 e. The molecule has 0 spiro atoms. The van der Waals surface area contributed by atoms with Crippen LogP contribution in [-0.4, -0.2) is 45.6 Å². The summed E-state index contributed by atoms with van der Waals surface area (Å²) < 4.78 is 10.8. The van der Waals surface area contributed by atoms with Gasteiger partial charge in [0.1, 0.15) is 5.75 Å². The summed E-state index contributed by atoms with van der Waals surface area (Å²) in [4.78, 5) is 16.1. The van der Waals surface area contributed by atoms with Crippen LogP contribution in [0.3, 0.4) is 0 Å². The highest BCUT2D eigenvalue weighted by Crippen LogP contribution is 2.29. The van der Waals surface area contributed by atoms with Crippen molar-refractivity contribution < 1.29 is 14.3 Å². The van der Waals surface area contributed by atoms with Crippen molar-refractivity contribution in [2.45, 2.75) is 4.90 Å². The maximum atomic E-state index is 12.8. The molecule has 0 atom stereocenters. The van der Waals surface area contributed by atoms with E-state index in [0.29, 0.717) is 24.5 Å². The van der Waals surface area contributed by atoms with Gasteiger partial charge in [0, 0.05) is 18.0 Å². The van der Waals surface area contributed by atoms with Crippen molar-refractivity contribution in [3.63, 3.8) is 0 Å². The zero-order valence-electron chi connectivity index (χ0n) is 14.5. The van der Waals surface area contributed by atoms with Gasteiger partial charge in [0.25, 0.3) is 5.91 Å². The first-order chi connectivity index (χ1) is 12.2. The molecule has 1 aliphatic rings. The van der Waals surface area contributed by atoms with Gasteiger partial charge in [0.15, 0.2) is 0 Å². The molecule has 6 heteroatoms. The Bertz CT molecular complexity index is 745. The van der Waals surface area contributed by atoms with Crippen LogP contribution in [0, 0.1) is 0 Å². The summed E-state index contributed by atoms with van der Waals surface area (Å²) >= 11 is 1.61. The van der Waals surface area contributed by atoms with Gasteiger partial charge in [-0.3, -0.25) is 4.79 Å². The van der Waals surface area contributed by atoms with E-state index < -0.39 is 0 Å². The molecule has 1 amide bonds. The Balaban J connectivity index is 1.84. The van der Waals surface area contributed by atoms with Gasteiger partial charge in [0.05, 0.1) is 37.3 Å². The maximum absolute atomic E-state index is 12.8. The van der Waals surface area contributed by atoms with Crippen molar-refractivity contribution in [2.75, 3.05) is 49.9 Å². The first kappa shape index (κ1) is 17.6. The number of methoxy groups -OCH3 is 1. The summed E-state index contributed by atoms with van der Waals surface area (Å²) in [6.07, 6.45) is 1.99. The summed E-state index contributed by atoms with van der Waals surface area (Å²) in [5.41, 5.74) is 2.33. The molecule has 2 aromatic carbocycles. The molecule has 1 heterocycles. The SMILES string of the molecule is COc1cc(SC)ccc1C(=O)Nc1ccccc1N1CCOCC1. The van der Waals surface area contributed by atoms with E-state index in [9.17, 15) is 4.79 Å². The van der Waals surface area contributed by atoms with Crippen LogP contribution in [0.25, 0.3) is 0 Å². The number of nitrogens with zero attached hydrogens (tertiary/aromatic N) is 1. The highest BCUT2D eigenvalue weighted by atomic mass is 32.2. The highest BCUT2D eigenvalue weighted by molar-refractivity contribution is 7.98. The zero-order valence-corrected chi connectivity index (χ0v) is 15.3. The van der Waals surface area contributed by atoms with Crippen molar-refractivity contribution in [2.24, 2.45) is 0 Å². The number of amides is 1. The molecule has 0 aromatic heterocycles. The Morgan fingerprint density at radius 1 is 1.20 bits per heavy atom. The van der Waals surface area contributed by atoms with E-state index in [-0.39, 0.29) is 5.91 Å². The van der Waals surface area contributed by atoms with Gasteiger partial charge >= 0.3 is 0 Å². The second-order valence-corrected chi connectivity index (χ2v) is 6.52. The van der Waals surface area contributed by atoms with Crippen LogP contribution in [0.4, 0.5) is 11.4 Å². The molecular weight excluding hydrogens is 336 g/mol. The van der Waals surface area contributed by atoms with Crippen LogP contribution < -0.4 is 15.0 Å². The van der Waals surface area contributed by atoms with Crippen molar-refractivity contribution in [1.82, 2.24) is 0 Å². The minimum Gasteiger partial charge on any atom is -0.496 e. The van der Waals surface area contributed by atoms with Crippen LogP contribution >= 0.6 is 11.8 Å². The summed E-state index contributed by atoms with van der Waals surface area (Å²) in [6.45, 7) is 3.04. The van der Waals surface area contributed by atoms with E-state index >= 15 is 0 Å². The van der Waals surface area contributed by atoms with E-state index in [1.807, 2.05) is 42.7 Å². The molecule has 0 unspecified atom stereocenters. The average Bonchev–Trinajstić information content (AvgIpc) is 2.68. The molecule has 0 saturated carbocycles. The number of para-hydroxylation sites is 2. The Morgan fingerprint density at radius 3 is 2.68 bits per heavy atom. The number of rotatable bonds is 5. The van der Waals surface area contributed by atoms with Crippen LogP contribution in [-0.2, 0) is 4.74 Å². The van der Waals surface area contributed by atoms with Gasteiger partial charge in [-0.25, -0.2) is 0 Å². The third kappa shape index (κ3) is 4.08. The third-order valence-electron chi connectivity index (χ3n) is 4.16. The third-order valence-corrected chi connectivity index (χ3v) is 4.88. The van der Waals surface area contributed by atoms with Gasteiger partial charge in [-0.15, -0.1) is 11.8 Å². The normalized spacial score (nSPS) is 14.2. The quantitative estimate of drug-likeness (QED) is 0.829. The van der Waals surface area contributed by atoms with Crippen LogP contribution in [0.15, 0.2) is 47.4 Å². The molecule has 2 aromatic rings. The highest BCUT2D eigenvalue weighted by Gasteiger charge is 2.18. The van der Waals surface area contributed by atoms with E-state index in [1.165, 1.54) is 0 Å². The predicted molar refractivity (Wildman–Crippen MR) is 102 cm³/mol. The molecule has 0 aliphatic carbocycles. The lowest BCUT2D eigenvalue weighted by Gasteiger charge is -2.30. The Labute approximate surface area is 152 Å². The Morgan fingerprint density at radius 2 is 1.96 bits per heavy atom. The summed E-state index contributed by atoms with van der Waals surface area (Å²) in [7, 11) is 1.58. The van der Waals surface area contributed by atoms with Crippen molar-refractivity contribution in [3.8, 4) is 5.75 Å². The summed E-state index contributed by atoms with van der Waals surface area (Å²) in [6, 6.07) is 13.5. The number of hydrogen-bond donors (Lipinski definition) is 1. The van der Waals surface area contributed by atoms with Gasteiger partial charge in [-0.2, -0.15) is 0 Å². The lowest BCUT2D eigenvalue weighted by molar-refractivity contribution is 0.102. The number of carbonyl (C=O) groups is 1. The number of benzene rings is 2.